The van der Waals surface area contributed by atoms with Crippen LogP contribution in [-0.2, 0) is 13.0 Å². The van der Waals surface area contributed by atoms with Gasteiger partial charge in [-0.3, -0.25) is 0 Å². The second-order valence-electron chi connectivity index (χ2n) is 4.98. The van der Waals surface area contributed by atoms with E-state index in [1.807, 2.05) is 11.3 Å². The first-order valence-corrected chi connectivity index (χ1v) is 7.49. The number of benzene rings is 2. The van der Waals surface area contributed by atoms with Gasteiger partial charge in [0.05, 0.1) is 0 Å². The van der Waals surface area contributed by atoms with E-state index in [4.69, 9.17) is 0 Å². The van der Waals surface area contributed by atoms with Crippen LogP contribution in [0.15, 0.2) is 48.5 Å². The van der Waals surface area contributed by atoms with Crippen LogP contribution in [0.4, 0.5) is 0 Å². The molecule has 0 atom stereocenters. The summed E-state index contributed by atoms with van der Waals surface area (Å²) < 4.78 is 3.83. The summed E-state index contributed by atoms with van der Waals surface area (Å²) in [4.78, 5) is 0. The van der Waals surface area contributed by atoms with Crippen molar-refractivity contribution in [2.75, 3.05) is 0 Å². The Balaban J connectivity index is 0.00000147. The van der Waals surface area contributed by atoms with E-state index in [1.165, 1.54) is 26.4 Å². The fourth-order valence-electron chi connectivity index (χ4n) is 2.47. The number of fused-ring (bicyclic) bond motifs is 1. The maximum absolute atomic E-state index is 2.44. The minimum atomic E-state index is 0. The van der Waals surface area contributed by atoms with E-state index in [0.29, 0.717) is 0 Å². The zero-order valence-corrected chi connectivity index (χ0v) is 14.2. The van der Waals surface area contributed by atoms with Crippen molar-refractivity contribution in [3.8, 4) is 0 Å². The van der Waals surface area contributed by atoms with E-state index < -0.39 is 0 Å². The molecule has 0 radical (unpaired) electrons. The minimum Gasteiger partial charge on any atom is -1.00 e. The second kappa shape index (κ2) is 6.51. The normalized spacial score (nSPS) is 10.5. The molecule has 0 aliphatic rings. The predicted molar refractivity (Wildman–Crippen MR) is 81.6 cm³/mol. The highest BCUT2D eigenvalue weighted by Gasteiger charge is 2.16. The monoisotopic (exact) mass is 347 g/mol. The van der Waals surface area contributed by atoms with Crippen molar-refractivity contribution in [3.63, 3.8) is 0 Å². The van der Waals surface area contributed by atoms with Gasteiger partial charge in [0.25, 0.3) is 0 Å². The standard InChI is InChI=1S/C17H18NS.BrH/c1-13-8-9-16-17(12-13)19-14(2)18(16)11-10-15-6-4-3-5-7-15;/h3-9,12H,10-11H2,1-2H3;1H/q+1;/p-1. The molecule has 0 fully saturated rings. The van der Waals surface area contributed by atoms with Gasteiger partial charge in [0.1, 0.15) is 4.70 Å². The van der Waals surface area contributed by atoms with Gasteiger partial charge in [-0.1, -0.05) is 47.7 Å². The number of aryl methyl sites for hydroxylation is 4. The molecule has 0 spiro atoms. The van der Waals surface area contributed by atoms with E-state index in [2.05, 4.69) is 66.9 Å². The Morgan fingerprint density at radius 3 is 2.50 bits per heavy atom. The van der Waals surface area contributed by atoms with E-state index in [0.717, 1.165) is 13.0 Å². The third-order valence-corrected chi connectivity index (χ3v) is 4.57. The first-order valence-electron chi connectivity index (χ1n) is 6.67. The highest BCUT2D eigenvalue weighted by Crippen LogP contribution is 2.21. The molecular formula is C17H18BrNS. The van der Waals surface area contributed by atoms with E-state index in [1.54, 1.807) is 0 Å². The van der Waals surface area contributed by atoms with Crippen LogP contribution >= 0.6 is 11.3 Å². The van der Waals surface area contributed by atoms with Crippen LogP contribution in [0.5, 0.6) is 0 Å². The van der Waals surface area contributed by atoms with Gasteiger partial charge in [-0.05, 0) is 24.1 Å². The molecule has 3 heteroatoms. The third kappa shape index (κ3) is 3.10. The van der Waals surface area contributed by atoms with Crippen molar-refractivity contribution in [3.05, 3.63) is 64.7 Å². The van der Waals surface area contributed by atoms with Crippen LogP contribution < -0.4 is 21.5 Å². The molecule has 3 rings (SSSR count). The third-order valence-electron chi connectivity index (χ3n) is 3.51. The van der Waals surface area contributed by atoms with Crippen molar-refractivity contribution >= 4 is 21.6 Å². The van der Waals surface area contributed by atoms with Crippen molar-refractivity contribution in [2.45, 2.75) is 26.8 Å². The quantitative estimate of drug-likeness (QED) is 0.623. The van der Waals surface area contributed by atoms with Crippen LogP contribution in [0.1, 0.15) is 16.1 Å². The highest BCUT2D eigenvalue weighted by molar-refractivity contribution is 7.18. The van der Waals surface area contributed by atoms with Gasteiger partial charge in [-0.2, -0.15) is 4.57 Å². The molecule has 1 heterocycles. The summed E-state index contributed by atoms with van der Waals surface area (Å²) >= 11 is 1.89. The number of thiazole rings is 1. The number of aromatic nitrogens is 1. The molecule has 104 valence electrons. The lowest BCUT2D eigenvalue weighted by molar-refractivity contribution is -0.672. The summed E-state index contributed by atoms with van der Waals surface area (Å²) in [6, 6.07) is 17.4. The maximum Gasteiger partial charge on any atom is 0.235 e. The molecule has 20 heavy (non-hydrogen) atoms. The van der Waals surface area contributed by atoms with Gasteiger partial charge >= 0.3 is 0 Å². The zero-order valence-electron chi connectivity index (χ0n) is 11.8. The van der Waals surface area contributed by atoms with E-state index in [-0.39, 0.29) is 17.0 Å². The number of hydrogen-bond acceptors (Lipinski definition) is 1. The number of hydrogen-bond donors (Lipinski definition) is 0. The lowest BCUT2D eigenvalue weighted by atomic mass is 10.1. The van der Waals surface area contributed by atoms with E-state index in [9.17, 15) is 0 Å². The van der Waals surface area contributed by atoms with Crippen LogP contribution in [-0.4, -0.2) is 0 Å². The first-order chi connectivity index (χ1) is 9.24. The zero-order chi connectivity index (χ0) is 13.2. The fraction of sp³-hybridized carbons (Fsp3) is 0.235. The van der Waals surface area contributed by atoms with Gasteiger partial charge in [0, 0.05) is 19.4 Å². The average Bonchev–Trinajstić information content (AvgIpc) is 2.72. The van der Waals surface area contributed by atoms with Gasteiger partial charge in [0.15, 0.2) is 6.54 Å². The van der Waals surface area contributed by atoms with Crippen LogP contribution in [0.3, 0.4) is 0 Å². The van der Waals surface area contributed by atoms with E-state index >= 15 is 0 Å². The lowest BCUT2D eigenvalue weighted by Gasteiger charge is -1.99. The number of nitrogens with zero attached hydrogens (tertiary/aromatic N) is 1. The van der Waals surface area contributed by atoms with Gasteiger partial charge in [0.2, 0.25) is 10.5 Å². The molecule has 0 aliphatic heterocycles. The second-order valence-corrected chi connectivity index (χ2v) is 6.21. The molecular weight excluding hydrogens is 330 g/mol. The Morgan fingerprint density at radius 2 is 1.75 bits per heavy atom. The van der Waals surface area contributed by atoms with Crippen molar-refractivity contribution in [1.29, 1.82) is 0 Å². The average molecular weight is 348 g/mol. The minimum absolute atomic E-state index is 0. The van der Waals surface area contributed by atoms with Crippen LogP contribution in [0.2, 0.25) is 0 Å². The molecule has 2 aromatic carbocycles. The van der Waals surface area contributed by atoms with Gasteiger partial charge in [-0.15, -0.1) is 0 Å². The molecule has 1 aromatic heterocycles. The molecule has 0 aliphatic carbocycles. The summed E-state index contributed by atoms with van der Waals surface area (Å²) in [6.07, 6.45) is 1.09. The molecule has 0 saturated carbocycles. The van der Waals surface area contributed by atoms with Crippen molar-refractivity contribution in [2.24, 2.45) is 0 Å². The van der Waals surface area contributed by atoms with Crippen LogP contribution in [0, 0.1) is 13.8 Å². The summed E-state index contributed by atoms with van der Waals surface area (Å²) in [5.41, 5.74) is 4.11. The molecule has 0 amide bonds. The lowest BCUT2D eigenvalue weighted by Crippen LogP contribution is -3.00. The SMILES string of the molecule is Cc1ccc2c(c1)sc(C)[n+]2CCc1ccccc1.[Br-]. The number of rotatable bonds is 3. The smallest absolute Gasteiger partial charge is 0.235 e. The molecule has 0 bridgehead atoms. The van der Waals surface area contributed by atoms with Gasteiger partial charge in [-0.25, -0.2) is 0 Å². The number of halogens is 1. The Hall–Kier alpha value is -1.19. The highest BCUT2D eigenvalue weighted by atomic mass is 79.9. The Labute approximate surface area is 134 Å². The molecule has 0 unspecified atom stereocenters. The van der Waals surface area contributed by atoms with Crippen molar-refractivity contribution < 1.29 is 21.5 Å². The Morgan fingerprint density at radius 1 is 1.00 bits per heavy atom. The fourth-order valence-corrected chi connectivity index (χ4v) is 3.62. The largest absolute Gasteiger partial charge is 1.00 e. The molecule has 1 nitrogen and oxygen atoms in total. The maximum atomic E-state index is 2.44. The molecule has 0 N–H and O–H groups in total. The van der Waals surface area contributed by atoms with Crippen molar-refractivity contribution in [1.82, 2.24) is 0 Å². The van der Waals surface area contributed by atoms with Crippen LogP contribution in [0.25, 0.3) is 10.2 Å². The molecule has 3 aromatic rings. The first kappa shape index (κ1) is 15.2. The Bertz CT molecular complexity index is 704. The Kier molecular flexibility index (Phi) is 4.95. The molecule has 0 saturated heterocycles. The van der Waals surface area contributed by atoms with Gasteiger partial charge < -0.3 is 17.0 Å². The summed E-state index contributed by atoms with van der Waals surface area (Å²) in [5.74, 6) is 0. The predicted octanol–water partition coefficient (Wildman–Crippen LogP) is 1.05. The summed E-state index contributed by atoms with van der Waals surface area (Å²) in [6.45, 7) is 5.42. The topological polar surface area (TPSA) is 3.88 Å². The summed E-state index contributed by atoms with van der Waals surface area (Å²) in [5, 5.41) is 1.39. The summed E-state index contributed by atoms with van der Waals surface area (Å²) in [7, 11) is 0.